The van der Waals surface area contributed by atoms with Crippen molar-refractivity contribution >= 4 is 15.9 Å². The number of benzene rings is 2. The standard InChI is InChI=1S/C17H20BrN/c1-12-7-4-5-10-17(12)14(3)19-13(2)15-8-6-9-16(18)11-15/h4-11,13-14,19H,1-3H3/t13?,14-/m0/s1. The highest BCUT2D eigenvalue weighted by Crippen LogP contribution is 2.23. The smallest absolute Gasteiger partial charge is 0.0300 e. The second-order valence-electron chi connectivity index (χ2n) is 5.02. The summed E-state index contributed by atoms with van der Waals surface area (Å²) in [4.78, 5) is 0. The van der Waals surface area contributed by atoms with Gasteiger partial charge in [0.1, 0.15) is 0 Å². The van der Waals surface area contributed by atoms with E-state index in [9.17, 15) is 0 Å². The van der Waals surface area contributed by atoms with Crippen LogP contribution in [0.25, 0.3) is 0 Å². The molecule has 0 spiro atoms. The fraction of sp³-hybridized carbons (Fsp3) is 0.294. The van der Waals surface area contributed by atoms with Crippen molar-refractivity contribution < 1.29 is 0 Å². The fourth-order valence-electron chi connectivity index (χ4n) is 2.41. The highest BCUT2D eigenvalue weighted by Gasteiger charge is 2.12. The van der Waals surface area contributed by atoms with Crippen molar-refractivity contribution in [1.82, 2.24) is 5.32 Å². The largest absolute Gasteiger partial charge is 0.304 e. The topological polar surface area (TPSA) is 12.0 Å². The highest BCUT2D eigenvalue weighted by atomic mass is 79.9. The highest BCUT2D eigenvalue weighted by molar-refractivity contribution is 9.10. The van der Waals surface area contributed by atoms with E-state index in [1.807, 2.05) is 0 Å². The fourth-order valence-corrected chi connectivity index (χ4v) is 2.83. The van der Waals surface area contributed by atoms with Gasteiger partial charge in [0.2, 0.25) is 0 Å². The molecule has 0 radical (unpaired) electrons. The van der Waals surface area contributed by atoms with Crippen molar-refractivity contribution in [3.8, 4) is 0 Å². The number of hydrogen-bond donors (Lipinski definition) is 1. The minimum Gasteiger partial charge on any atom is -0.304 e. The van der Waals surface area contributed by atoms with E-state index in [2.05, 4.69) is 90.5 Å². The van der Waals surface area contributed by atoms with Crippen molar-refractivity contribution in [3.63, 3.8) is 0 Å². The zero-order valence-electron chi connectivity index (χ0n) is 11.7. The molecule has 2 aromatic carbocycles. The third kappa shape index (κ3) is 3.68. The molecular weight excluding hydrogens is 298 g/mol. The van der Waals surface area contributed by atoms with Gasteiger partial charge in [0.05, 0.1) is 0 Å². The Hall–Kier alpha value is -1.12. The maximum absolute atomic E-state index is 3.66. The SMILES string of the molecule is Cc1ccccc1[C@H](C)NC(C)c1cccc(Br)c1. The van der Waals surface area contributed by atoms with E-state index in [1.54, 1.807) is 0 Å². The predicted octanol–water partition coefficient (Wildman–Crippen LogP) is 5.17. The first-order chi connectivity index (χ1) is 9.08. The first-order valence-corrected chi connectivity index (χ1v) is 7.44. The van der Waals surface area contributed by atoms with Crippen molar-refractivity contribution in [2.24, 2.45) is 0 Å². The molecule has 0 aliphatic carbocycles. The molecule has 0 saturated carbocycles. The van der Waals surface area contributed by atoms with Crippen LogP contribution in [0.3, 0.4) is 0 Å². The summed E-state index contributed by atoms with van der Waals surface area (Å²) in [5, 5.41) is 3.66. The van der Waals surface area contributed by atoms with Gasteiger partial charge in [-0.05, 0) is 49.6 Å². The lowest BCUT2D eigenvalue weighted by atomic mass is 10.0. The van der Waals surface area contributed by atoms with E-state index >= 15 is 0 Å². The zero-order valence-corrected chi connectivity index (χ0v) is 13.2. The van der Waals surface area contributed by atoms with Gasteiger partial charge < -0.3 is 5.32 Å². The number of halogens is 1. The minimum absolute atomic E-state index is 0.326. The van der Waals surface area contributed by atoms with Crippen LogP contribution in [0.1, 0.15) is 42.6 Å². The summed E-state index contributed by atoms with van der Waals surface area (Å²) in [6, 6.07) is 17.7. The molecule has 0 saturated heterocycles. The molecule has 0 aliphatic heterocycles. The molecule has 0 aromatic heterocycles. The van der Waals surface area contributed by atoms with E-state index < -0.39 is 0 Å². The molecule has 19 heavy (non-hydrogen) atoms. The lowest BCUT2D eigenvalue weighted by Gasteiger charge is -2.22. The Morgan fingerprint density at radius 2 is 1.68 bits per heavy atom. The summed E-state index contributed by atoms with van der Waals surface area (Å²) in [7, 11) is 0. The maximum atomic E-state index is 3.66. The lowest BCUT2D eigenvalue weighted by molar-refractivity contribution is 0.493. The second-order valence-corrected chi connectivity index (χ2v) is 5.94. The Labute approximate surface area is 124 Å². The molecule has 2 rings (SSSR count). The van der Waals surface area contributed by atoms with Gasteiger partial charge in [-0.15, -0.1) is 0 Å². The van der Waals surface area contributed by atoms with Crippen LogP contribution >= 0.6 is 15.9 Å². The maximum Gasteiger partial charge on any atom is 0.0300 e. The first kappa shape index (κ1) is 14.3. The average Bonchev–Trinajstić information content (AvgIpc) is 2.39. The van der Waals surface area contributed by atoms with E-state index in [1.165, 1.54) is 16.7 Å². The van der Waals surface area contributed by atoms with Crippen LogP contribution in [0.15, 0.2) is 53.0 Å². The summed E-state index contributed by atoms with van der Waals surface area (Å²) >= 11 is 3.53. The molecule has 0 bridgehead atoms. The Morgan fingerprint density at radius 1 is 0.947 bits per heavy atom. The number of hydrogen-bond acceptors (Lipinski definition) is 1. The van der Waals surface area contributed by atoms with Gasteiger partial charge in [-0.2, -0.15) is 0 Å². The molecule has 1 nitrogen and oxygen atoms in total. The van der Waals surface area contributed by atoms with E-state index in [0.29, 0.717) is 12.1 Å². The van der Waals surface area contributed by atoms with Crippen LogP contribution in [0.5, 0.6) is 0 Å². The molecule has 100 valence electrons. The van der Waals surface area contributed by atoms with Crippen LogP contribution < -0.4 is 5.32 Å². The third-order valence-corrected chi connectivity index (χ3v) is 4.00. The van der Waals surface area contributed by atoms with Crippen molar-refractivity contribution in [3.05, 3.63) is 69.7 Å². The molecule has 2 heteroatoms. The van der Waals surface area contributed by atoms with Crippen LogP contribution in [0.4, 0.5) is 0 Å². The van der Waals surface area contributed by atoms with E-state index in [4.69, 9.17) is 0 Å². The van der Waals surface area contributed by atoms with Crippen molar-refractivity contribution in [2.75, 3.05) is 0 Å². The van der Waals surface area contributed by atoms with Crippen LogP contribution in [-0.4, -0.2) is 0 Å². The molecule has 0 amide bonds. The van der Waals surface area contributed by atoms with Gasteiger partial charge in [-0.25, -0.2) is 0 Å². The Bertz CT molecular complexity index is 550. The predicted molar refractivity (Wildman–Crippen MR) is 85.3 cm³/mol. The summed E-state index contributed by atoms with van der Waals surface area (Å²) in [5.41, 5.74) is 4.00. The van der Waals surface area contributed by atoms with Crippen LogP contribution in [-0.2, 0) is 0 Å². The van der Waals surface area contributed by atoms with E-state index in [-0.39, 0.29) is 0 Å². The zero-order chi connectivity index (χ0) is 13.8. The lowest BCUT2D eigenvalue weighted by Crippen LogP contribution is -2.23. The molecule has 1 unspecified atom stereocenters. The number of nitrogens with one attached hydrogen (secondary N) is 1. The summed E-state index contributed by atoms with van der Waals surface area (Å²) in [6.45, 7) is 6.59. The van der Waals surface area contributed by atoms with Gasteiger partial charge in [-0.1, -0.05) is 52.3 Å². The van der Waals surface area contributed by atoms with E-state index in [0.717, 1.165) is 4.47 Å². The number of rotatable bonds is 4. The normalized spacial score (nSPS) is 14.1. The van der Waals surface area contributed by atoms with Gasteiger partial charge >= 0.3 is 0 Å². The summed E-state index contributed by atoms with van der Waals surface area (Å²) in [6.07, 6.45) is 0. The third-order valence-electron chi connectivity index (χ3n) is 3.50. The molecule has 0 fully saturated rings. The van der Waals surface area contributed by atoms with Crippen molar-refractivity contribution in [2.45, 2.75) is 32.9 Å². The molecule has 2 atom stereocenters. The molecule has 0 heterocycles. The first-order valence-electron chi connectivity index (χ1n) is 6.65. The molecule has 0 aliphatic rings. The summed E-state index contributed by atoms with van der Waals surface area (Å²) in [5.74, 6) is 0. The second kappa shape index (κ2) is 6.36. The Kier molecular flexibility index (Phi) is 4.78. The molecular formula is C17H20BrN. The minimum atomic E-state index is 0.326. The molecule has 1 N–H and O–H groups in total. The monoisotopic (exact) mass is 317 g/mol. The average molecular weight is 318 g/mol. The van der Waals surface area contributed by atoms with Gasteiger partial charge in [0.25, 0.3) is 0 Å². The van der Waals surface area contributed by atoms with Gasteiger partial charge in [-0.3, -0.25) is 0 Å². The Morgan fingerprint density at radius 3 is 2.37 bits per heavy atom. The van der Waals surface area contributed by atoms with Gasteiger partial charge in [0, 0.05) is 16.6 Å². The summed E-state index contributed by atoms with van der Waals surface area (Å²) < 4.78 is 1.13. The number of aryl methyl sites for hydroxylation is 1. The van der Waals surface area contributed by atoms with Gasteiger partial charge in [0.15, 0.2) is 0 Å². The van der Waals surface area contributed by atoms with Crippen LogP contribution in [0.2, 0.25) is 0 Å². The van der Waals surface area contributed by atoms with Crippen LogP contribution in [0, 0.1) is 6.92 Å². The van der Waals surface area contributed by atoms with Crippen molar-refractivity contribution in [1.29, 1.82) is 0 Å². The Balaban J connectivity index is 2.11. The quantitative estimate of drug-likeness (QED) is 0.820. The molecule has 2 aromatic rings.